The van der Waals surface area contributed by atoms with Gasteiger partial charge in [-0.1, -0.05) is 0 Å². The van der Waals surface area contributed by atoms with Gasteiger partial charge >= 0.3 is 0 Å². The predicted molar refractivity (Wildman–Crippen MR) is 42.7 cm³/mol. The van der Waals surface area contributed by atoms with Crippen LogP contribution in [0.15, 0.2) is 16.8 Å². The molecule has 0 saturated heterocycles. The summed E-state index contributed by atoms with van der Waals surface area (Å²) in [6, 6.07) is 5.80. The van der Waals surface area contributed by atoms with Crippen molar-refractivity contribution in [3.63, 3.8) is 0 Å². The average Bonchev–Trinajstić information content (AvgIpc) is 2.52. The summed E-state index contributed by atoms with van der Waals surface area (Å²) < 4.78 is 0. The van der Waals surface area contributed by atoms with Crippen molar-refractivity contribution in [1.82, 2.24) is 0 Å². The first-order chi connectivity index (χ1) is 5.36. The van der Waals surface area contributed by atoms with Crippen molar-refractivity contribution < 1.29 is 0 Å². The molecule has 0 radical (unpaired) electrons. The minimum absolute atomic E-state index is 0.496. The molecule has 0 atom stereocenters. The van der Waals surface area contributed by atoms with Gasteiger partial charge in [0.2, 0.25) is 0 Å². The van der Waals surface area contributed by atoms with Crippen molar-refractivity contribution in [2.75, 3.05) is 0 Å². The molecule has 0 aliphatic rings. The highest BCUT2D eigenvalue weighted by molar-refractivity contribution is 7.07. The molecule has 11 heavy (non-hydrogen) atoms. The lowest BCUT2D eigenvalue weighted by molar-refractivity contribution is 0.837. The van der Waals surface area contributed by atoms with Gasteiger partial charge in [0.15, 0.2) is 0 Å². The van der Waals surface area contributed by atoms with E-state index in [4.69, 9.17) is 10.5 Å². The third-order valence-electron chi connectivity index (χ3n) is 1.33. The standard InChI is InChI=1S/C8H6N2S/c9-4-8(5-10)3-7-1-2-11-6-7/h1-2,6,8H,3H2. The second-order valence-electron chi connectivity index (χ2n) is 2.15. The smallest absolute Gasteiger partial charge is 0.137 e. The molecule has 0 amide bonds. The molecule has 3 heteroatoms. The highest BCUT2D eigenvalue weighted by Gasteiger charge is 2.05. The number of nitriles is 2. The topological polar surface area (TPSA) is 47.6 Å². The molecule has 0 unspecified atom stereocenters. The van der Waals surface area contributed by atoms with Crippen LogP contribution in [0, 0.1) is 28.6 Å². The van der Waals surface area contributed by atoms with E-state index in [9.17, 15) is 0 Å². The van der Waals surface area contributed by atoms with E-state index < -0.39 is 5.92 Å². The first-order valence-electron chi connectivity index (χ1n) is 3.17. The van der Waals surface area contributed by atoms with Gasteiger partial charge in [-0.2, -0.15) is 21.9 Å². The van der Waals surface area contributed by atoms with Crippen LogP contribution in [0.2, 0.25) is 0 Å². The molecular formula is C8H6N2S. The van der Waals surface area contributed by atoms with Crippen LogP contribution < -0.4 is 0 Å². The highest BCUT2D eigenvalue weighted by Crippen LogP contribution is 2.10. The summed E-state index contributed by atoms with van der Waals surface area (Å²) >= 11 is 1.58. The van der Waals surface area contributed by atoms with Gasteiger partial charge in [-0.05, 0) is 22.4 Å². The van der Waals surface area contributed by atoms with Gasteiger partial charge in [-0.25, -0.2) is 0 Å². The zero-order chi connectivity index (χ0) is 8.10. The fourth-order valence-corrected chi connectivity index (χ4v) is 1.45. The number of rotatable bonds is 2. The maximum Gasteiger partial charge on any atom is 0.137 e. The van der Waals surface area contributed by atoms with Crippen LogP contribution in [0.1, 0.15) is 5.56 Å². The van der Waals surface area contributed by atoms with E-state index >= 15 is 0 Å². The molecule has 1 aromatic heterocycles. The molecule has 0 N–H and O–H groups in total. The zero-order valence-corrected chi connectivity index (χ0v) is 6.64. The SMILES string of the molecule is N#CC(C#N)Cc1ccsc1. The van der Waals surface area contributed by atoms with E-state index in [0.29, 0.717) is 6.42 Å². The minimum Gasteiger partial charge on any atom is -0.197 e. The van der Waals surface area contributed by atoms with Crippen LogP contribution in [0.3, 0.4) is 0 Å². The molecule has 0 spiro atoms. The molecule has 1 aromatic rings. The van der Waals surface area contributed by atoms with Gasteiger partial charge in [0, 0.05) is 6.42 Å². The number of hydrogen-bond acceptors (Lipinski definition) is 3. The fraction of sp³-hybridized carbons (Fsp3) is 0.250. The van der Waals surface area contributed by atoms with Crippen LogP contribution in [0.25, 0.3) is 0 Å². The largest absolute Gasteiger partial charge is 0.197 e. The predicted octanol–water partition coefficient (Wildman–Crippen LogP) is 1.95. The molecule has 0 aliphatic carbocycles. The molecule has 1 heterocycles. The van der Waals surface area contributed by atoms with Gasteiger partial charge in [0.25, 0.3) is 0 Å². The van der Waals surface area contributed by atoms with Crippen molar-refractivity contribution in [1.29, 1.82) is 10.5 Å². The van der Waals surface area contributed by atoms with Crippen molar-refractivity contribution in [2.24, 2.45) is 5.92 Å². The molecule has 0 aromatic carbocycles. The Morgan fingerprint density at radius 3 is 2.64 bits per heavy atom. The molecule has 1 rings (SSSR count). The Balaban J connectivity index is 2.58. The summed E-state index contributed by atoms with van der Waals surface area (Å²) in [5, 5.41) is 20.8. The van der Waals surface area contributed by atoms with Crippen LogP contribution in [-0.2, 0) is 6.42 Å². The van der Waals surface area contributed by atoms with Crippen LogP contribution >= 0.6 is 11.3 Å². The normalized spacial score (nSPS) is 9.00. The Morgan fingerprint density at radius 2 is 2.18 bits per heavy atom. The molecule has 54 valence electrons. The lowest BCUT2D eigenvalue weighted by atomic mass is 10.1. The third-order valence-corrected chi connectivity index (χ3v) is 2.06. The van der Waals surface area contributed by atoms with E-state index in [0.717, 1.165) is 5.56 Å². The Kier molecular flexibility index (Phi) is 2.66. The molecule has 0 bridgehead atoms. The van der Waals surface area contributed by atoms with Crippen LogP contribution in [0.4, 0.5) is 0 Å². The summed E-state index contributed by atoms with van der Waals surface area (Å²) in [6.45, 7) is 0. The number of hydrogen-bond donors (Lipinski definition) is 0. The quantitative estimate of drug-likeness (QED) is 0.667. The van der Waals surface area contributed by atoms with Crippen LogP contribution in [-0.4, -0.2) is 0 Å². The van der Waals surface area contributed by atoms with Gasteiger partial charge in [0.1, 0.15) is 5.92 Å². The lowest BCUT2D eigenvalue weighted by Gasteiger charge is -1.93. The second kappa shape index (κ2) is 3.75. The van der Waals surface area contributed by atoms with E-state index in [2.05, 4.69) is 0 Å². The lowest BCUT2D eigenvalue weighted by Crippen LogP contribution is -1.96. The first kappa shape index (κ1) is 7.78. The zero-order valence-electron chi connectivity index (χ0n) is 5.82. The van der Waals surface area contributed by atoms with E-state index in [-0.39, 0.29) is 0 Å². The number of thiophene rings is 1. The summed E-state index contributed by atoms with van der Waals surface area (Å²) in [5.74, 6) is -0.496. The van der Waals surface area contributed by atoms with Gasteiger partial charge < -0.3 is 0 Å². The second-order valence-corrected chi connectivity index (χ2v) is 2.93. The van der Waals surface area contributed by atoms with Crippen molar-refractivity contribution in [3.05, 3.63) is 22.4 Å². The summed E-state index contributed by atoms with van der Waals surface area (Å²) in [7, 11) is 0. The molecule has 2 nitrogen and oxygen atoms in total. The van der Waals surface area contributed by atoms with Crippen molar-refractivity contribution in [3.8, 4) is 12.1 Å². The van der Waals surface area contributed by atoms with Crippen molar-refractivity contribution >= 4 is 11.3 Å². The summed E-state index contributed by atoms with van der Waals surface area (Å²) in [4.78, 5) is 0. The Hall–Kier alpha value is -1.32. The van der Waals surface area contributed by atoms with E-state index in [1.807, 2.05) is 29.0 Å². The molecular weight excluding hydrogens is 156 g/mol. The first-order valence-corrected chi connectivity index (χ1v) is 4.11. The Morgan fingerprint density at radius 1 is 1.45 bits per heavy atom. The maximum absolute atomic E-state index is 8.46. The fourth-order valence-electron chi connectivity index (χ4n) is 0.765. The Bertz CT molecular complexity index is 275. The highest BCUT2D eigenvalue weighted by atomic mass is 32.1. The summed E-state index contributed by atoms with van der Waals surface area (Å²) in [6.07, 6.45) is 0.552. The third kappa shape index (κ3) is 2.07. The van der Waals surface area contributed by atoms with Gasteiger partial charge in [-0.3, -0.25) is 0 Å². The summed E-state index contributed by atoms with van der Waals surface area (Å²) in [5.41, 5.74) is 1.07. The average molecular weight is 162 g/mol. The molecule has 0 saturated carbocycles. The van der Waals surface area contributed by atoms with E-state index in [1.165, 1.54) is 0 Å². The van der Waals surface area contributed by atoms with Gasteiger partial charge in [0.05, 0.1) is 12.1 Å². The van der Waals surface area contributed by atoms with Crippen molar-refractivity contribution in [2.45, 2.75) is 6.42 Å². The van der Waals surface area contributed by atoms with E-state index in [1.54, 1.807) is 11.3 Å². The molecule has 0 aliphatic heterocycles. The monoisotopic (exact) mass is 162 g/mol. The maximum atomic E-state index is 8.46. The number of nitrogens with zero attached hydrogens (tertiary/aromatic N) is 2. The van der Waals surface area contributed by atoms with Gasteiger partial charge in [-0.15, -0.1) is 0 Å². The molecule has 0 fully saturated rings. The minimum atomic E-state index is -0.496. The van der Waals surface area contributed by atoms with Crippen LogP contribution in [0.5, 0.6) is 0 Å². The Labute approximate surface area is 69.3 Å².